The number of amides is 1. The quantitative estimate of drug-likeness (QED) is 0.719. The summed E-state index contributed by atoms with van der Waals surface area (Å²) in [6.07, 6.45) is 1.05. The van der Waals surface area contributed by atoms with Crippen molar-refractivity contribution in [2.24, 2.45) is 0 Å². The lowest BCUT2D eigenvalue weighted by atomic mass is 9.97. The molecule has 24 heavy (non-hydrogen) atoms. The smallest absolute Gasteiger partial charge is 0.255 e. The first-order chi connectivity index (χ1) is 11.7. The Kier molecular flexibility index (Phi) is 5.90. The molecule has 1 fully saturated rings. The van der Waals surface area contributed by atoms with Gasteiger partial charge in [-0.25, -0.2) is 0 Å². The number of benzene rings is 2. The van der Waals surface area contributed by atoms with Crippen molar-refractivity contribution >= 4 is 35.1 Å². The molecule has 0 bridgehead atoms. The van der Waals surface area contributed by atoms with Gasteiger partial charge in [0.2, 0.25) is 0 Å². The number of rotatable bonds is 5. The summed E-state index contributed by atoms with van der Waals surface area (Å²) in [4.78, 5) is 12.6. The third-order valence-corrected chi connectivity index (χ3v) is 7.52. The third kappa shape index (κ3) is 3.98. The summed E-state index contributed by atoms with van der Waals surface area (Å²) >= 11 is 3.96. The van der Waals surface area contributed by atoms with E-state index in [4.69, 9.17) is 0 Å². The van der Waals surface area contributed by atoms with E-state index in [1.54, 1.807) is 0 Å². The van der Waals surface area contributed by atoms with Crippen molar-refractivity contribution in [1.29, 1.82) is 0 Å². The van der Waals surface area contributed by atoms with Crippen molar-refractivity contribution in [1.82, 2.24) is 0 Å². The molecule has 3 rings (SSSR count). The van der Waals surface area contributed by atoms with Gasteiger partial charge in [-0.3, -0.25) is 4.79 Å². The van der Waals surface area contributed by atoms with Gasteiger partial charge in [-0.15, -0.1) is 23.5 Å². The zero-order valence-corrected chi connectivity index (χ0v) is 15.8. The van der Waals surface area contributed by atoms with Crippen LogP contribution in [0.5, 0.6) is 0 Å². The Labute approximate surface area is 152 Å². The molecule has 0 aliphatic carbocycles. The fourth-order valence-electron chi connectivity index (χ4n) is 2.80. The highest BCUT2D eigenvalue weighted by atomic mass is 32.2. The van der Waals surface area contributed by atoms with Crippen LogP contribution in [0.1, 0.15) is 52.3 Å². The minimum absolute atomic E-state index is 0.0379. The maximum atomic E-state index is 12.6. The molecule has 0 radical (unpaired) electrons. The summed E-state index contributed by atoms with van der Waals surface area (Å²) in [5.41, 5.74) is 4.14. The molecule has 1 saturated heterocycles. The largest absolute Gasteiger partial charge is 0.322 e. The molecule has 0 saturated carbocycles. The van der Waals surface area contributed by atoms with E-state index in [0.29, 0.717) is 16.1 Å². The molecule has 0 unspecified atom stereocenters. The third-order valence-electron chi connectivity index (χ3n) is 4.42. The van der Waals surface area contributed by atoms with E-state index in [9.17, 15) is 4.79 Å². The summed E-state index contributed by atoms with van der Waals surface area (Å²) in [6, 6.07) is 16.1. The van der Waals surface area contributed by atoms with Gasteiger partial charge in [0, 0.05) is 22.8 Å². The summed E-state index contributed by atoms with van der Waals surface area (Å²) in [5.74, 6) is 2.82. The fourth-order valence-corrected chi connectivity index (χ4v) is 5.66. The van der Waals surface area contributed by atoms with Crippen LogP contribution in [0.15, 0.2) is 48.5 Å². The van der Waals surface area contributed by atoms with E-state index < -0.39 is 0 Å². The van der Waals surface area contributed by atoms with Crippen LogP contribution in [0.3, 0.4) is 0 Å². The summed E-state index contributed by atoms with van der Waals surface area (Å²) in [7, 11) is 0. The van der Waals surface area contributed by atoms with Crippen LogP contribution in [0.25, 0.3) is 0 Å². The van der Waals surface area contributed by atoms with Gasteiger partial charge in [-0.1, -0.05) is 44.2 Å². The van der Waals surface area contributed by atoms with E-state index in [1.807, 2.05) is 53.9 Å². The van der Waals surface area contributed by atoms with Gasteiger partial charge in [0.1, 0.15) is 0 Å². The summed E-state index contributed by atoms with van der Waals surface area (Å²) in [6.45, 7) is 4.36. The highest BCUT2D eigenvalue weighted by molar-refractivity contribution is 8.19. The van der Waals surface area contributed by atoms with Crippen LogP contribution >= 0.6 is 23.5 Å². The number of anilines is 1. The normalized spacial score (nSPS) is 16.1. The van der Waals surface area contributed by atoms with Crippen molar-refractivity contribution in [2.45, 2.75) is 30.8 Å². The van der Waals surface area contributed by atoms with Crippen LogP contribution in [-0.4, -0.2) is 17.4 Å². The Balaban J connectivity index is 1.73. The van der Waals surface area contributed by atoms with Crippen LogP contribution in [-0.2, 0) is 0 Å². The number of hydrogen-bond donors (Lipinski definition) is 1. The van der Waals surface area contributed by atoms with E-state index in [1.165, 1.54) is 22.6 Å². The Hall–Kier alpha value is -1.39. The molecule has 0 aromatic heterocycles. The highest BCUT2D eigenvalue weighted by Crippen LogP contribution is 2.45. The summed E-state index contributed by atoms with van der Waals surface area (Å²) in [5, 5.41) is 3.08. The van der Waals surface area contributed by atoms with Crippen molar-refractivity contribution < 1.29 is 4.79 Å². The van der Waals surface area contributed by atoms with Gasteiger partial charge >= 0.3 is 0 Å². The van der Waals surface area contributed by atoms with Crippen LogP contribution in [0, 0.1) is 0 Å². The van der Waals surface area contributed by atoms with Crippen molar-refractivity contribution in [3.8, 4) is 0 Å². The molecule has 1 aliphatic heterocycles. The van der Waals surface area contributed by atoms with E-state index in [-0.39, 0.29) is 5.91 Å². The average Bonchev–Trinajstić information content (AvgIpc) is 3.16. The van der Waals surface area contributed by atoms with E-state index >= 15 is 0 Å². The molecule has 1 N–H and O–H groups in total. The lowest BCUT2D eigenvalue weighted by Crippen LogP contribution is -2.14. The molecular formula is C20H23NOS2. The number of hydrogen-bond acceptors (Lipinski definition) is 3. The van der Waals surface area contributed by atoms with Crippen LogP contribution < -0.4 is 5.32 Å². The fraction of sp³-hybridized carbons (Fsp3) is 0.350. The molecule has 126 valence electrons. The predicted octanol–water partition coefficient (Wildman–Crippen LogP) is 5.93. The Bertz CT molecular complexity index is 693. The molecule has 2 aromatic carbocycles. The van der Waals surface area contributed by atoms with Gasteiger partial charge in [-0.2, -0.15) is 0 Å². The monoisotopic (exact) mass is 357 g/mol. The Morgan fingerprint density at radius 3 is 2.46 bits per heavy atom. The number of carbonyl (C=O) groups excluding carboxylic acids is 1. The van der Waals surface area contributed by atoms with Crippen molar-refractivity contribution in [3.05, 3.63) is 65.2 Å². The molecule has 1 heterocycles. The van der Waals surface area contributed by atoms with E-state index in [2.05, 4.69) is 37.4 Å². The molecule has 4 heteroatoms. The van der Waals surface area contributed by atoms with Gasteiger partial charge in [-0.05, 0) is 41.7 Å². The zero-order chi connectivity index (χ0) is 16.9. The lowest BCUT2D eigenvalue weighted by molar-refractivity contribution is 0.102. The van der Waals surface area contributed by atoms with Crippen LogP contribution in [0.2, 0.25) is 0 Å². The second kappa shape index (κ2) is 8.13. The first-order valence-electron chi connectivity index (χ1n) is 8.42. The van der Waals surface area contributed by atoms with Crippen LogP contribution in [0.4, 0.5) is 5.69 Å². The molecule has 0 spiro atoms. The minimum Gasteiger partial charge on any atom is -0.322 e. The van der Waals surface area contributed by atoms with Gasteiger partial charge in [0.15, 0.2) is 0 Å². The maximum absolute atomic E-state index is 12.6. The van der Waals surface area contributed by atoms with Crippen molar-refractivity contribution in [3.63, 3.8) is 0 Å². The van der Waals surface area contributed by atoms with Gasteiger partial charge in [0.25, 0.3) is 5.91 Å². The second-order valence-corrected chi connectivity index (χ2v) is 8.77. The Morgan fingerprint density at radius 1 is 1.12 bits per heavy atom. The maximum Gasteiger partial charge on any atom is 0.255 e. The SMILES string of the molecule is CC[C@H](C)c1ccccc1NC(=O)c1ccc(C2SCCS2)cc1. The van der Waals surface area contributed by atoms with Gasteiger partial charge < -0.3 is 5.32 Å². The molecule has 2 nitrogen and oxygen atoms in total. The zero-order valence-electron chi connectivity index (χ0n) is 14.1. The predicted molar refractivity (Wildman–Crippen MR) is 107 cm³/mol. The molecule has 2 aromatic rings. The van der Waals surface area contributed by atoms with Gasteiger partial charge in [0.05, 0.1) is 4.58 Å². The lowest BCUT2D eigenvalue weighted by Gasteiger charge is -2.16. The first kappa shape index (κ1) is 17.4. The highest BCUT2D eigenvalue weighted by Gasteiger charge is 2.18. The number of para-hydroxylation sites is 1. The number of nitrogens with one attached hydrogen (secondary N) is 1. The minimum atomic E-state index is -0.0379. The summed E-state index contributed by atoms with van der Waals surface area (Å²) < 4.78 is 0.522. The van der Waals surface area contributed by atoms with Crippen molar-refractivity contribution in [2.75, 3.05) is 16.8 Å². The number of thioether (sulfide) groups is 2. The molecule has 1 atom stereocenters. The Morgan fingerprint density at radius 2 is 1.79 bits per heavy atom. The van der Waals surface area contributed by atoms with E-state index in [0.717, 1.165) is 12.1 Å². The molecule has 1 amide bonds. The standard InChI is InChI=1S/C20H23NOS2/c1-3-14(2)17-6-4-5-7-18(17)21-19(22)15-8-10-16(11-9-15)20-23-12-13-24-20/h4-11,14,20H,3,12-13H2,1-2H3,(H,21,22)/t14-/m0/s1. The number of carbonyl (C=O) groups is 1. The topological polar surface area (TPSA) is 29.1 Å². The average molecular weight is 358 g/mol. The molecular weight excluding hydrogens is 334 g/mol. The molecule has 1 aliphatic rings. The second-order valence-electron chi connectivity index (χ2n) is 6.05. The first-order valence-corrected chi connectivity index (χ1v) is 10.5.